The molecule has 0 bridgehead atoms. The molecule has 96 valence electrons. The summed E-state index contributed by atoms with van der Waals surface area (Å²) in [6, 6.07) is 8.08. The molecule has 0 unspecified atom stereocenters. The van der Waals surface area contributed by atoms with Crippen LogP contribution in [-0.4, -0.2) is 10.1 Å². The second-order valence-corrected chi connectivity index (χ2v) is 4.36. The van der Waals surface area contributed by atoms with Crippen molar-refractivity contribution in [3.63, 3.8) is 0 Å². The molecule has 0 amide bonds. The topological polar surface area (TPSA) is 64.9 Å². The summed E-state index contributed by atoms with van der Waals surface area (Å²) >= 11 is 0. The van der Waals surface area contributed by atoms with Gasteiger partial charge in [0.2, 0.25) is 5.89 Å². The molecular formula is C14H19N3O. The van der Waals surface area contributed by atoms with Crippen molar-refractivity contribution < 1.29 is 4.52 Å². The fourth-order valence-corrected chi connectivity index (χ4v) is 1.89. The Kier molecular flexibility index (Phi) is 4.47. The van der Waals surface area contributed by atoms with Gasteiger partial charge >= 0.3 is 0 Å². The largest absolute Gasteiger partial charge is 0.339 e. The van der Waals surface area contributed by atoms with Gasteiger partial charge in [0.25, 0.3) is 0 Å². The van der Waals surface area contributed by atoms with Crippen molar-refractivity contribution in [2.24, 2.45) is 5.73 Å². The summed E-state index contributed by atoms with van der Waals surface area (Å²) in [5, 5.41) is 3.99. The lowest BCUT2D eigenvalue weighted by Gasteiger charge is -2.03. The number of benzene rings is 1. The highest BCUT2D eigenvalue weighted by Gasteiger charge is 2.08. The van der Waals surface area contributed by atoms with Gasteiger partial charge in [0.15, 0.2) is 5.82 Å². The zero-order valence-electron chi connectivity index (χ0n) is 10.7. The average molecular weight is 245 g/mol. The smallest absolute Gasteiger partial charge is 0.231 e. The molecule has 18 heavy (non-hydrogen) atoms. The molecule has 4 heteroatoms. The molecule has 0 aliphatic heterocycles. The van der Waals surface area contributed by atoms with Crippen LogP contribution >= 0.6 is 0 Å². The molecule has 1 aromatic heterocycles. The number of nitrogens with zero attached hydrogens (tertiary/aromatic N) is 2. The Morgan fingerprint density at radius 2 is 2.00 bits per heavy atom. The number of hydrogen-bond acceptors (Lipinski definition) is 4. The van der Waals surface area contributed by atoms with Crippen LogP contribution in [0.1, 0.15) is 42.6 Å². The Hall–Kier alpha value is -1.68. The monoisotopic (exact) mass is 245 g/mol. The highest BCUT2D eigenvalue weighted by atomic mass is 16.5. The number of unbranched alkanes of at least 4 members (excludes halogenated alkanes) is 1. The second kappa shape index (κ2) is 6.31. The lowest BCUT2D eigenvalue weighted by Crippen LogP contribution is -2.02. The zero-order valence-corrected chi connectivity index (χ0v) is 10.7. The van der Waals surface area contributed by atoms with Crippen LogP contribution in [0.5, 0.6) is 0 Å². The maximum atomic E-state index is 5.71. The number of hydrogen-bond donors (Lipinski definition) is 1. The first kappa shape index (κ1) is 12.8. The molecular weight excluding hydrogens is 226 g/mol. The summed E-state index contributed by atoms with van der Waals surface area (Å²) < 4.78 is 5.26. The SMILES string of the molecule is CCCCc1noc(Cc2ccccc2CN)n1. The first-order valence-electron chi connectivity index (χ1n) is 6.41. The van der Waals surface area contributed by atoms with E-state index in [-0.39, 0.29) is 0 Å². The summed E-state index contributed by atoms with van der Waals surface area (Å²) in [6.07, 6.45) is 3.78. The van der Waals surface area contributed by atoms with Gasteiger partial charge in [0.05, 0.1) is 6.42 Å². The Bertz CT molecular complexity index is 493. The quantitative estimate of drug-likeness (QED) is 0.849. The fraction of sp³-hybridized carbons (Fsp3) is 0.429. The van der Waals surface area contributed by atoms with Gasteiger partial charge in [-0.15, -0.1) is 0 Å². The van der Waals surface area contributed by atoms with E-state index in [9.17, 15) is 0 Å². The Balaban J connectivity index is 2.06. The lowest BCUT2D eigenvalue weighted by molar-refractivity contribution is 0.378. The summed E-state index contributed by atoms with van der Waals surface area (Å²) in [4.78, 5) is 4.40. The van der Waals surface area contributed by atoms with Crippen LogP contribution in [0, 0.1) is 0 Å². The van der Waals surface area contributed by atoms with Gasteiger partial charge < -0.3 is 10.3 Å². The molecule has 2 rings (SSSR count). The van der Waals surface area contributed by atoms with E-state index in [1.54, 1.807) is 0 Å². The van der Waals surface area contributed by atoms with E-state index in [2.05, 4.69) is 23.1 Å². The van der Waals surface area contributed by atoms with Crippen molar-refractivity contribution in [3.05, 3.63) is 47.1 Å². The first-order chi connectivity index (χ1) is 8.83. The molecule has 2 aromatic rings. The molecule has 0 atom stereocenters. The third-order valence-electron chi connectivity index (χ3n) is 2.94. The number of aryl methyl sites for hydroxylation is 1. The highest BCUT2D eigenvalue weighted by molar-refractivity contribution is 5.28. The van der Waals surface area contributed by atoms with E-state index in [1.165, 1.54) is 0 Å². The summed E-state index contributed by atoms with van der Waals surface area (Å²) in [6.45, 7) is 2.69. The van der Waals surface area contributed by atoms with Gasteiger partial charge in [-0.3, -0.25) is 0 Å². The van der Waals surface area contributed by atoms with Crippen LogP contribution in [-0.2, 0) is 19.4 Å². The highest BCUT2D eigenvalue weighted by Crippen LogP contribution is 2.13. The van der Waals surface area contributed by atoms with E-state index in [4.69, 9.17) is 10.3 Å². The average Bonchev–Trinajstić information content (AvgIpc) is 2.84. The normalized spacial score (nSPS) is 10.8. The molecule has 1 heterocycles. The van der Waals surface area contributed by atoms with E-state index in [0.29, 0.717) is 18.9 Å². The molecule has 0 radical (unpaired) electrons. The van der Waals surface area contributed by atoms with Crippen LogP contribution < -0.4 is 5.73 Å². The van der Waals surface area contributed by atoms with Gasteiger partial charge in [0, 0.05) is 13.0 Å². The predicted octanol–water partition coefficient (Wildman–Crippen LogP) is 2.46. The molecule has 0 saturated heterocycles. The fourth-order valence-electron chi connectivity index (χ4n) is 1.89. The second-order valence-electron chi connectivity index (χ2n) is 4.36. The van der Waals surface area contributed by atoms with Gasteiger partial charge in [-0.1, -0.05) is 42.8 Å². The molecule has 0 aliphatic rings. The standard InChI is InChI=1S/C14H19N3O/c1-2-3-8-13-16-14(18-17-13)9-11-6-4-5-7-12(11)10-15/h4-7H,2-3,8-10,15H2,1H3. The van der Waals surface area contributed by atoms with Crippen molar-refractivity contribution in [3.8, 4) is 0 Å². The maximum absolute atomic E-state index is 5.71. The van der Waals surface area contributed by atoms with E-state index < -0.39 is 0 Å². The number of nitrogens with two attached hydrogens (primary N) is 1. The maximum Gasteiger partial charge on any atom is 0.231 e. The minimum Gasteiger partial charge on any atom is -0.339 e. The van der Waals surface area contributed by atoms with Crippen molar-refractivity contribution in [2.75, 3.05) is 0 Å². The molecule has 0 saturated carbocycles. The van der Waals surface area contributed by atoms with Gasteiger partial charge in [-0.05, 0) is 17.5 Å². The van der Waals surface area contributed by atoms with Crippen molar-refractivity contribution in [1.82, 2.24) is 10.1 Å². The van der Waals surface area contributed by atoms with Gasteiger partial charge in [0.1, 0.15) is 0 Å². The third kappa shape index (κ3) is 3.17. The van der Waals surface area contributed by atoms with Crippen LogP contribution in [0.4, 0.5) is 0 Å². The van der Waals surface area contributed by atoms with Crippen molar-refractivity contribution in [2.45, 2.75) is 39.2 Å². The number of aromatic nitrogens is 2. The Morgan fingerprint density at radius 1 is 1.22 bits per heavy atom. The molecule has 2 N–H and O–H groups in total. The minimum absolute atomic E-state index is 0.535. The minimum atomic E-state index is 0.535. The summed E-state index contributed by atoms with van der Waals surface area (Å²) in [5.41, 5.74) is 8.00. The van der Waals surface area contributed by atoms with E-state index in [0.717, 1.165) is 36.2 Å². The van der Waals surface area contributed by atoms with Crippen molar-refractivity contribution >= 4 is 0 Å². The molecule has 0 spiro atoms. The Labute approximate surface area is 107 Å². The van der Waals surface area contributed by atoms with Gasteiger partial charge in [-0.2, -0.15) is 4.98 Å². The van der Waals surface area contributed by atoms with E-state index in [1.807, 2.05) is 18.2 Å². The Morgan fingerprint density at radius 3 is 2.72 bits per heavy atom. The summed E-state index contributed by atoms with van der Waals surface area (Å²) in [7, 11) is 0. The lowest BCUT2D eigenvalue weighted by atomic mass is 10.0. The van der Waals surface area contributed by atoms with Crippen LogP contribution in [0.25, 0.3) is 0 Å². The van der Waals surface area contributed by atoms with Crippen LogP contribution in [0.15, 0.2) is 28.8 Å². The third-order valence-corrected chi connectivity index (χ3v) is 2.94. The molecule has 0 fully saturated rings. The molecule has 0 aliphatic carbocycles. The predicted molar refractivity (Wildman–Crippen MR) is 70.0 cm³/mol. The van der Waals surface area contributed by atoms with Crippen LogP contribution in [0.3, 0.4) is 0 Å². The van der Waals surface area contributed by atoms with Crippen molar-refractivity contribution in [1.29, 1.82) is 0 Å². The summed E-state index contributed by atoms with van der Waals surface area (Å²) in [5.74, 6) is 1.47. The van der Waals surface area contributed by atoms with E-state index >= 15 is 0 Å². The first-order valence-corrected chi connectivity index (χ1v) is 6.41. The molecule has 4 nitrogen and oxygen atoms in total. The van der Waals surface area contributed by atoms with Crippen LogP contribution in [0.2, 0.25) is 0 Å². The molecule has 1 aromatic carbocycles. The number of rotatable bonds is 6. The van der Waals surface area contributed by atoms with Gasteiger partial charge in [-0.25, -0.2) is 0 Å². The zero-order chi connectivity index (χ0) is 12.8.